The van der Waals surface area contributed by atoms with Crippen LogP contribution in [0.25, 0.3) is 5.65 Å². The molecule has 2 aromatic rings. The van der Waals surface area contributed by atoms with Crippen LogP contribution >= 0.6 is 0 Å². The number of aryl methyl sites for hydroxylation is 2. The lowest BCUT2D eigenvalue weighted by atomic mass is 9.93. The highest BCUT2D eigenvalue weighted by Gasteiger charge is 2.35. The summed E-state index contributed by atoms with van der Waals surface area (Å²) in [5, 5.41) is 23.8. The van der Waals surface area contributed by atoms with Crippen molar-refractivity contribution in [3.05, 3.63) is 29.2 Å². The Morgan fingerprint density at radius 1 is 1.41 bits per heavy atom. The minimum Gasteiger partial charge on any atom is -0.393 e. The Balaban J connectivity index is 1.90. The second kappa shape index (κ2) is 5.33. The van der Waals surface area contributed by atoms with Gasteiger partial charge in [-0.3, -0.25) is 4.79 Å². The summed E-state index contributed by atoms with van der Waals surface area (Å²) in [7, 11) is 0. The number of hydrogen-bond acceptors (Lipinski definition) is 5. The third-order valence-corrected chi connectivity index (χ3v) is 4.09. The zero-order valence-corrected chi connectivity index (χ0v) is 12.8. The van der Waals surface area contributed by atoms with Crippen LogP contribution in [0.3, 0.4) is 0 Å². The number of β-amino-alcohol motifs (C(OH)–C–C–N with tert-alkyl or cyclic N) is 1. The van der Waals surface area contributed by atoms with Gasteiger partial charge in [-0.1, -0.05) is 0 Å². The van der Waals surface area contributed by atoms with Gasteiger partial charge in [0.15, 0.2) is 11.3 Å². The molecule has 0 saturated carbocycles. The summed E-state index contributed by atoms with van der Waals surface area (Å²) >= 11 is 0. The van der Waals surface area contributed by atoms with Crippen molar-refractivity contribution in [1.82, 2.24) is 19.5 Å². The summed E-state index contributed by atoms with van der Waals surface area (Å²) < 4.78 is 1.64. The molecule has 0 bridgehead atoms. The molecule has 2 N–H and O–H groups in total. The van der Waals surface area contributed by atoms with Gasteiger partial charge in [0.25, 0.3) is 5.91 Å². The number of nitrogens with zero attached hydrogens (tertiary/aromatic N) is 4. The summed E-state index contributed by atoms with van der Waals surface area (Å²) in [5.74, 6) is -0.242. The predicted octanol–water partition coefficient (Wildman–Crippen LogP) is 0.306. The van der Waals surface area contributed by atoms with Gasteiger partial charge in [-0.25, -0.2) is 9.50 Å². The van der Waals surface area contributed by atoms with Crippen molar-refractivity contribution in [3.8, 4) is 0 Å². The van der Waals surface area contributed by atoms with E-state index in [0.717, 1.165) is 11.4 Å². The number of likely N-dealkylation sites (tertiary alicyclic amines) is 1. The van der Waals surface area contributed by atoms with Crippen molar-refractivity contribution in [2.45, 2.75) is 32.3 Å². The number of fused-ring (bicyclic) bond motifs is 1. The predicted molar refractivity (Wildman–Crippen MR) is 79.6 cm³/mol. The first-order valence-electron chi connectivity index (χ1n) is 7.38. The molecule has 0 aromatic carbocycles. The first-order chi connectivity index (χ1) is 10.4. The van der Waals surface area contributed by atoms with E-state index in [9.17, 15) is 15.0 Å². The maximum Gasteiger partial charge on any atom is 0.274 e. The third kappa shape index (κ3) is 2.57. The van der Waals surface area contributed by atoms with E-state index in [4.69, 9.17) is 0 Å². The summed E-state index contributed by atoms with van der Waals surface area (Å²) in [6.45, 7) is 4.14. The molecule has 1 fully saturated rings. The number of amides is 1. The molecule has 7 nitrogen and oxygen atoms in total. The molecule has 3 rings (SSSR count). The molecule has 118 valence electrons. The second-order valence-corrected chi connectivity index (χ2v) is 6.05. The molecule has 0 unspecified atom stereocenters. The van der Waals surface area contributed by atoms with Crippen LogP contribution in [0.5, 0.6) is 0 Å². The van der Waals surface area contributed by atoms with E-state index in [1.807, 2.05) is 19.9 Å². The smallest absolute Gasteiger partial charge is 0.274 e. The molecular formula is C15H20N4O3. The Labute approximate surface area is 128 Å². The number of piperidine rings is 1. The van der Waals surface area contributed by atoms with Crippen molar-refractivity contribution in [1.29, 1.82) is 0 Å². The highest BCUT2D eigenvalue weighted by atomic mass is 16.3. The van der Waals surface area contributed by atoms with Gasteiger partial charge in [0.2, 0.25) is 0 Å². The Morgan fingerprint density at radius 3 is 2.91 bits per heavy atom. The maximum absolute atomic E-state index is 12.6. The van der Waals surface area contributed by atoms with Crippen LogP contribution in [-0.2, 0) is 0 Å². The van der Waals surface area contributed by atoms with Gasteiger partial charge in [-0.2, -0.15) is 5.10 Å². The molecule has 1 aliphatic heterocycles. The zero-order chi connectivity index (χ0) is 15.9. The first-order valence-corrected chi connectivity index (χ1v) is 7.38. The van der Waals surface area contributed by atoms with Gasteiger partial charge < -0.3 is 15.1 Å². The Kier molecular flexibility index (Phi) is 3.62. The van der Waals surface area contributed by atoms with Gasteiger partial charge >= 0.3 is 0 Å². The number of carbonyl (C=O) groups excluding carboxylic acids is 1. The number of aliphatic hydroxyl groups is 2. The van der Waals surface area contributed by atoms with Gasteiger partial charge in [0, 0.05) is 24.0 Å². The Morgan fingerprint density at radius 2 is 2.18 bits per heavy atom. The lowest BCUT2D eigenvalue weighted by Crippen LogP contribution is -2.52. The first kappa shape index (κ1) is 14.9. The van der Waals surface area contributed by atoms with Crippen LogP contribution in [-0.4, -0.2) is 60.9 Å². The number of aromatic nitrogens is 3. The van der Waals surface area contributed by atoms with Crippen LogP contribution < -0.4 is 0 Å². The fraction of sp³-hybridized carbons (Fsp3) is 0.533. The minimum absolute atomic E-state index is 0.127. The number of hydrogen-bond donors (Lipinski definition) is 2. The quantitative estimate of drug-likeness (QED) is 0.833. The number of carbonyl (C=O) groups is 1. The second-order valence-electron chi connectivity index (χ2n) is 6.05. The topological polar surface area (TPSA) is 91.0 Å². The minimum atomic E-state index is -1.21. The largest absolute Gasteiger partial charge is 0.393 e. The average Bonchev–Trinajstić information content (AvgIpc) is 2.90. The molecule has 1 aliphatic rings. The van der Waals surface area contributed by atoms with Crippen molar-refractivity contribution in [2.24, 2.45) is 0 Å². The van der Waals surface area contributed by atoms with Crippen LogP contribution in [0.4, 0.5) is 0 Å². The number of rotatable bonds is 2. The van der Waals surface area contributed by atoms with Crippen molar-refractivity contribution < 1.29 is 15.0 Å². The van der Waals surface area contributed by atoms with Gasteiger partial charge in [-0.05, 0) is 32.8 Å². The molecule has 1 amide bonds. The van der Waals surface area contributed by atoms with Crippen molar-refractivity contribution in [2.75, 3.05) is 19.7 Å². The van der Waals surface area contributed by atoms with E-state index in [2.05, 4.69) is 10.1 Å². The molecule has 3 heterocycles. The highest BCUT2D eigenvalue weighted by Crippen LogP contribution is 2.22. The standard InChI is InChI=1S/C15H20N4O3/c1-10-6-11(2)19-13(16-10)7-12(17-19)14(21)18-5-3-4-15(22,8-18)9-20/h6-7,20,22H,3-5,8-9H2,1-2H3/t15-/m0/s1. The summed E-state index contributed by atoms with van der Waals surface area (Å²) in [6, 6.07) is 3.56. The molecule has 0 spiro atoms. The summed E-state index contributed by atoms with van der Waals surface area (Å²) in [5.41, 5.74) is 1.51. The molecule has 2 aromatic heterocycles. The number of aliphatic hydroxyl groups excluding tert-OH is 1. The SMILES string of the molecule is Cc1cc(C)n2nc(C(=O)N3CCC[C@@](O)(CO)C3)cc2n1. The van der Waals surface area contributed by atoms with Crippen molar-refractivity contribution in [3.63, 3.8) is 0 Å². The highest BCUT2D eigenvalue weighted by molar-refractivity contribution is 5.93. The summed E-state index contributed by atoms with van der Waals surface area (Å²) in [6.07, 6.45) is 1.16. The average molecular weight is 304 g/mol. The van der Waals surface area contributed by atoms with E-state index in [1.54, 1.807) is 15.5 Å². The molecule has 22 heavy (non-hydrogen) atoms. The van der Waals surface area contributed by atoms with Crippen LogP contribution in [0.15, 0.2) is 12.1 Å². The molecule has 0 aliphatic carbocycles. The lowest BCUT2D eigenvalue weighted by molar-refractivity contribution is -0.0599. The van der Waals surface area contributed by atoms with Crippen molar-refractivity contribution >= 4 is 11.6 Å². The zero-order valence-electron chi connectivity index (χ0n) is 12.8. The van der Waals surface area contributed by atoms with Gasteiger partial charge in [0.1, 0.15) is 5.60 Å². The molecule has 1 atom stereocenters. The third-order valence-electron chi connectivity index (χ3n) is 4.09. The van der Waals surface area contributed by atoms with E-state index >= 15 is 0 Å². The van der Waals surface area contributed by atoms with Crippen LogP contribution in [0.2, 0.25) is 0 Å². The van der Waals surface area contributed by atoms with E-state index < -0.39 is 5.60 Å². The normalized spacial score (nSPS) is 22.3. The molecular weight excluding hydrogens is 284 g/mol. The Bertz CT molecular complexity index is 727. The molecule has 7 heteroatoms. The monoisotopic (exact) mass is 304 g/mol. The van der Waals surface area contributed by atoms with Crippen LogP contribution in [0, 0.1) is 13.8 Å². The Hall–Kier alpha value is -1.99. The van der Waals surface area contributed by atoms with E-state index in [-0.39, 0.29) is 19.1 Å². The van der Waals surface area contributed by atoms with Crippen LogP contribution in [0.1, 0.15) is 34.7 Å². The summed E-state index contributed by atoms with van der Waals surface area (Å²) in [4.78, 5) is 18.5. The fourth-order valence-corrected chi connectivity index (χ4v) is 2.97. The lowest BCUT2D eigenvalue weighted by Gasteiger charge is -2.37. The maximum atomic E-state index is 12.6. The van der Waals surface area contributed by atoms with Gasteiger partial charge in [0.05, 0.1) is 13.2 Å². The van der Waals surface area contributed by atoms with Gasteiger partial charge in [-0.15, -0.1) is 0 Å². The molecule has 0 radical (unpaired) electrons. The molecule has 1 saturated heterocycles. The fourth-order valence-electron chi connectivity index (χ4n) is 2.97. The van der Waals surface area contributed by atoms with E-state index in [0.29, 0.717) is 30.7 Å². The van der Waals surface area contributed by atoms with E-state index in [1.165, 1.54) is 0 Å².